The van der Waals surface area contributed by atoms with Crippen LogP contribution in [0.1, 0.15) is 56.0 Å². The Labute approximate surface area is 202 Å². The molecule has 0 saturated carbocycles. The van der Waals surface area contributed by atoms with Gasteiger partial charge in [0, 0.05) is 49.0 Å². The van der Waals surface area contributed by atoms with Crippen molar-refractivity contribution < 1.29 is 14.7 Å². The molecule has 0 radical (unpaired) electrons. The molecule has 3 rings (SSSR count). The molecular formula is C27H38N4O3. The number of hydrogen-bond acceptors (Lipinski definition) is 5. The van der Waals surface area contributed by atoms with E-state index in [4.69, 9.17) is 0 Å². The molecule has 1 heterocycles. The first-order chi connectivity index (χ1) is 16.4. The Morgan fingerprint density at radius 3 is 2.56 bits per heavy atom. The number of nitrogens with one attached hydrogen (secondary N) is 3. The lowest BCUT2D eigenvalue weighted by molar-refractivity contribution is -0.117. The van der Waals surface area contributed by atoms with E-state index in [2.05, 4.69) is 29.8 Å². The molecule has 4 N–H and O–H groups in total. The van der Waals surface area contributed by atoms with Gasteiger partial charge in [-0.3, -0.25) is 9.59 Å². The van der Waals surface area contributed by atoms with Crippen molar-refractivity contribution in [3.05, 3.63) is 59.7 Å². The van der Waals surface area contributed by atoms with Crippen LogP contribution >= 0.6 is 0 Å². The molecule has 3 atom stereocenters. The minimum atomic E-state index is -0.755. The molecule has 1 saturated heterocycles. The third-order valence-corrected chi connectivity index (χ3v) is 6.31. The molecule has 2 aromatic carbocycles. The van der Waals surface area contributed by atoms with Crippen molar-refractivity contribution in [1.82, 2.24) is 10.6 Å². The van der Waals surface area contributed by atoms with Crippen molar-refractivity contribution in [2.24, 2.45) is 0 Å². The number of aliphatic hydroxyl groups excluding tert-OH is 1. The lowest BCUT2D eigenvalue weighted by atomic mass is 10.00. The molecule has 1 fully saturated rings. The molecule has 7 heteroatoms. The Kier molecular flexibility index (Phi) is 9.48. The van der Waals surface area contributed by atoms with Gasteiger partial charge in [0.25, 0.3) is 5.91 Å². The number of rotatable bonds is 12. The first kappa shape index (κ1) is 25.7. The van der Waals surface area contributed by atoms with E-state index in [0.717, 1.165) is 29.8 Å². The molecule has 0 spiro atoms. The number of carbonyl (C=O) groups is 2. The van der Waals surface area contributed by atoms with Gasteiger partial charge in [-0.2, -0.15) is 0 Å². The molecule has 7 nitrogen and oxygen atoms in total. The van der Waals surface area contributed by atoms with Crippen molar-refractivity contribution >= 4 is 23.2 Å². The summed E-state index contributed by atoms with van der Waals surface area (Å²) in [5.41, 5.74) is 3.03. The predicted molar refractivity (Wildman–Crippen MR) is 137 cm³/mol. The second-order valence-electron chi connectivity index (χ2n) is 9.00. The molecule has 184 valence electrons. The van der Waals surface area contributed by atoms with E-state index in [9.17, 15) is 14.7 Å². The second-order valence-corrected chi connectivity index (χ2v) is 9.00. The van der Waals surface area contributed by atoms with Crippen LogP contribution in [0.25, 0.3) is 0 Å². The van der Waals surface area contributed by atoms with E-state index in [1.165, 1.54) is 0 Å². The molecule has 34 heavy (non-hydrogen) atoms. The molecule has 2 aromatic rings. The second kappa shape index (κ2) is 12.5. The van der Waals surface area contributed by atoms with Crippen LogP contribution in [0.2, 0.25) is 0 Å². The van der Waals surface area contributed by atoms with Crippen molar-refractivity contribution in [1.29, 1.82) is 0 Å². The van der Waals surface area contributed by atoms with Crippen molar-refractivity contribution in [3.8, 4) is 0 Å². The van der Waals surface area contributed by atoms with Crippen LogP contribution in [-0.2, 0) is 11.2 Å². The molecule has 2 amide bonds. The van der Waals surface area contributed by atoms with E-state index in [0.29, 0.717) is 38.0 Å². The first-order valence-corrected chi connectivity index (χ1v) is 12.4. The van der Waals surface area contributed by atoms with Crippen LogP contribution in [0, 0.1) is 0 Å². The fourth-order valence-corrected chi connectivity index (χ4v) is 4.14. The molecule has 1 aliphatic heterocycles. The Morgan fingerprint density at radius 2 is 1.91 bits per heavy atom. The van der Waals surface area contributed by atoms with Crippen molar-refractivity contribution in [3.63, 3.8) is 0 Å². The van der Waals surface area contributed by atoms with E-state index in [1.54, 1.807) is 17.0 Å². The van der Waals surface area contributed by atoms with Crippen LogP contribution in [0.4, 0.5) is 11.4 Å². The van der Waals surface area contributed by atoms with Crippen LogP contribution in [-0.4, -0.2) is 54.7 Å². The summed E-state index contributed by atoms with van der Waals surface area (Å²) in [6.07, 6.45) is 2.06. The number of hydrogen-bond donors (Lipinski definition) is 4. The largest absolute Gasteiger partial charge is 0.390 e. The highest BCUT2D eigenvalue weighted by Gasteiger charge is 2.26. The topological polar surface area (TPSA) is 93.7 Å². The van der Waals surface area contributed by atoms with E-state index in [-0.39, 0.29) is 17.9 Å². The summed E-state index contributed by atoms with van der Waals surface area (Å²) in [7, 11) is 0. The van der Waals surface area contributed by atoms with Gasteiger partial charge in [0.1, 0.15) is 0 Å². The highest BCUT2D eigenvalue weighted by Crippen LogP contribution is 2.27. The van der Waals surface area contributed by atoms with Gasteiger partial charge in [-0.15, -0.1) is 0 Å². The Bertz CT molecular complexity index is 950. The predicted octanol–water partition coefficient (Wildman–Crippen LogP) is 3.34. The Hall–Kier alpha value is -2.90. The summed E-state index contributed by atoms with van der Waals surface area (Å²) < 4.78 is 0. The molecular weight excluding hydrogens is 428 g/mol. The fraction of sp³-hybridized carbons (Fsp3) is 0.481. The fourth-order valence-electron chi connectivity index (χ4n) is 4.14. The average molecular weight is 467 g/mol. The normalized spacial score (nSPS) is 16.2. The van der Waals surface area contributed by atoms with Gasteiger partial charge in [-0.05, 0) is 56.9 Å². The van der Waals surface area contributed by atoms with Crippen molar-refractivity contribution in [2.45, 2.75) is 64.6 Å². The van der Waals surface area contributed by atoms with Gasteiger partial charge >= 0.3 is 0 Å². The zero-order valence-electron chi connectivity index (χ0n) is 20.5. The van der Waals surface area contributed by atoms with Crippen LogP contribution in [0.15, 0.2) is 48.5 Å². The monoisotopic (exact) mass is 466 g/mol. The molecule has 0 bridgehead atoms. The minimum absolute atomic E-state index is 0.0773. The van der Waals surface area contributed by atoms with Gasteiger partial charge in [-0.1, -0.05) is 37.3 Å². The zero-order valence-corrected chi connectivity index (χ0v) is 20.5. The van der Waals surface area contributed by atoms with Gasteiger partial charge in [0.05, 0.1) is 12.1 Å². The van der Waals surface area contributed by atoms with Crippen molar-refractivity contribution in [2.75, 3.05) is 29.9 Å². The van der Waals surface area contributed by atoms with Gasteiger partial charge in [0.2, 0.25) is 5.91 Å². The average Bonchev–Trinajstić information content (AvgIpc) is 3.28. The van der Waals surface area contributed by atoms with Crippen LogP contribution in [0.3, 0.4) is 0 Å². The lowest BCUT2D eigenvalue weighted by Gasteiger charge is -2.26. The number of nitrogens with zero attached hydrogens (tertiary/aromatic N) is 1. The quantitative estimate of drug-likeness (QED) is 0.385. The number of anilines is 2. The number of benzene rings is 2. The number of aliphatic hydroxyl groups is 1. The summed E-state index contributed by atoms with van der Waals surface area (Å²) in [6.45, 7) is 7.90. The maximum Gasteiger partial charge on any atom is 0.251 e. The summed E-state index contributed by atoms with van der Waals surface area (Å²) in [4.78, 5) is 27.4. The lowest BCUT2D eigenvalue weighted by Crippen LogP contribution is -2.49. The smallest absolute Gasteiger partial charge is 0.251 e. The third kappa shape index (κ3) is 7.05. The van der Waals surface area contributed by atoms with Gasteiger partial charge in [-0.25, -0.2) is 0 Å². The first-order valence-electron chi connectivity index (χ1n) is 12.4. The van der Waals surface area contributed by atoms with Gasteiger partial charge < -0.3 is 26.0 Å². The Morgan fingerprint density at radius 1 is 1.15 bits per heavy atom. The summed E-state index contributed by atoms with van der Waals surface area (Å²) in [6, 6.07) is 15.1. The van der Waals surface area contributed by atoms with E-state index < -0.39 is 12.1 Å². The van der Waals surface area contributed by atoms with Crippen LogP contribution in [0.5, 0.6) is 0 Å². The molecule has 1 unspecified atom stereocenters. The highest BCUT2D eigenvalue weighted by atomic mass is 16.3. The number of amides is 2. The maximum absolute atomic E-state index is 13.4. The van der Waals surface area contributed by atoms with Gasteiger partial charge in [0.15, 0.2) is 0 Å². The third-order valence-electron chi connectivity index (χ3n) is 6.31. The standard InChI is InChI=1S/C27H38N4O3/c1-4-19(3)29-18-25(32)24(14-20-10-7-6-8-11-20)30-27(34)21-15-22(28-5-2)17-23(16-21)31-13-9-12-26(31)33/h6-8,10-11,15-17,19,24-25,28-29,32H,4-5,9,12-14,18H2,1-3H3,(H,30,34)/t19?,24-,25-/m0/s1. The summed E-state index contributed by atoms with van der Waals surface area (Å²) in [5, 5.41) is 20.6. The minimum Gasteiger partial charge on any atom is -0.390 e. The summed E-state index contributed by atoms with van der Waals surface area (Å²) >= 11 is 0. The van der Waals surface area contributed by atoms with E-state index >= 15 is 0 Å². The van der Waals surface area contributed by atoms with Crippen LogP contribution < -0.4 is 20.9 Å². The Balaban J connectivity index is 1.82. The molecule has 0 aromatic heterocycles. The molecule has 0 aliphatic carbocycles. The highest BCUT2D eigenvalue weighted by molar-refractivity contribution is 6.00. The molecule has 1 aliphatic rings. The maximum atomic E-state index is 13.4. The SMILES string of the molecule is CCNc1cc(C(=O)N[C@@H](Cc2ccccc2)[C@@H](O)CNC(C)CC)cc(N2CCCC2=O)c1. The van der Waals surface area contributed by atoms with E-state index in [1.807, 2.05) is 43.3 Å². The summed E-state index contributed by atoms with van der Waals surface area (Å²) in [5.74, 6) is -0.190. The zero-order chi connectivity index (χ0) is 24.5. The number of carbonyl (C=O) groups excluding carboxylic acids is 2.